The van der Waals surface area contributed by atoms with Crippen molar-refractivity contribution >= 4 is 10.0 Å². The molecule has 0 aliphatic heterocycles. The van der Waals surface area contributed by atoms with Crippen molar-refractivity contribution in [3.05, 3.63) is 30.1 Å². The van der Waals surface area contributed by atoms with Crippen LogP contribution in [0.3, 0.4) is 0 Å². The Morgan fingerprint density at radius 3 is 2.56 bits per heavy atom. The fourth-order valence-corrected chi connectivity index (χ4v) is 2.89. The SMILES string of the molecule is CN(CC1CC1)S(=O)(=O)c1ccccc1F. The zero-order valence-corrected chi connectivity index (χ0v) is 9.87. The number of hydrogen-bond donors (Lipinski definition) is 0. The van der Waals surface area contributed by atoms with Crippen molar-refractivity contribution in [2.45, 2.75) is 17.7 Å². The van der Waals surface area contributed by atoms with Crippen LogP contribution in [-0.2, 0) is 10.0 Å². The predicted octanol–water partition coefficient (Wildman–Crippen LogP) is 1.86. The van der Waals surface area contributed by atoms with Gasteiger partial charge in [-0.3, -0.25) is 0 Å². The minimum Gasteiger partial charge on any atom is -0.207 e. The fourth-order valence-electron chi connectivity index (χ4n) is 1.58. The van der Waals surface area contributed by atoms with Gasteiger partial charge in [0, 0.05) is 13.6 Å². The van der Waals surface area contributed by atoms with E-state index >= 15 is 0 Å². The monoisotopic (exact) mass is 243 g/mol. The van der Waals surface area contributed by atoms with E-state index in [1.807, 2.05) is 0 Å². The maximum atomic E-state index is 13.4. The van der Waals surface area contributed by atoms with Crippen LogP contribution >= 0.6 is 0 Å². The Labute approximate surface area is 94.9 Å². The quantitative estimate of drug-likeness (QED) is 0.809. The Bertz CT molecular complexity index is 483. The van der Waals surface area contributed by atoms with Crippen molar-refractivity contribution < 1.29 is 12.8 Å². The Morgan fingerprint density at radius 2 is 2.00 bits per heavy atom. The van der Waals surface area contributed by atoms with Crippen LogP contribution in [0.4, 0.5) is 4.39 Å². The highest BCUT2D eigenvalue weighted by molar-refractivity contribution is 7.89. The summed E-state index contributed by atoms with van der Waals surface area (Å²) in [4.78, 5) is -0.238. The summed E-state index contributed by atoms with van der Waals surface area (Å²) in [6.07, 6.45) is 2.13. The molecule has 0 unspecified atom stereocenters. The Morgan fingerprint density at radius 1 is 1.38 bits per heavy atom. The van der Waals surface area contributed by atoms with Gasteiger partial charge in [0.25, 0.3) is 0 Å². The van der Waals surface area contributed by atoms with Crippen LogP contribution in [0.5, 0.6) is 0 Å². The van der Waals surface area contributed by atoms with Gasteiger partial charge in [0.2, 0.25) is 10.0 Å². The first-order valence-corrected chi connectivity index (χ1v) is 6.66. The first-order chi connectivity index (χ1) is 7.51. The minimum atomic E-state index is -3.67. The Kier molecular flexibility index (Phi) is 2.99. The summed E-state index contributed by atoms with van der Waals surface area (Å²) in [5, 5.41) is 0. The van der Waals surface area contributed by atoms with E-state index in [0.29, 0.717) is 12.5 Å². The van der Waals surface area contributed by atoms with Crippen LogP contribution in [0.15, 0.2) is 29.2 Å². The lowest BCUT2D eigenvalue weighted by molar-refractivity contribution is 0.447. The molecule has 16 heavy (non-hydrogen) atoms. The second kappa shape index (κ2) is 4.14. The normalized spacial score (nSPS) is 16.7. The first-order valence-electron chi connectivity index (χ1n) is 5.22. The lowest BCUT2D eigenvalue weighted by Gasteiger charge is -2.16. The molecule has 88 valence electrons. The molecule has 0 heterocycles. The van der Waals surface area contributed by atoms with Crippen molar-refractivity contribution in [2.75, 3.05) is 13.6 Å². The van der Waals surface area contributed by atoms with Crippen LogP contribution < -0.4 is 0 Å². The van der Waals surface area contributed by atoms with Crippen molar-refractivity contribution in [1.82, 2.24) is 4.31 Å². The molecule has 0 saturated heterocycles. The van der Waals surface area contributed by atoms with Crippen LogP contribution in [0.25, 0.3) is 0 Å². The highest BCUT2D eigenvalue weighted by Gasteiger charge is 2.30. The van der Waals surface area contributed by atoms with E-state index in [4.69, 9.17) is 0 Å². The molecule has 0 spiro atoms. The van der Waals surface area contributed by atoms with Gasteiger partial charge >= 0.3 is 0 Å². The third-order valence-corrected chi connectivity index (χ3v) is 4.59. The molecule has 1 aromatic carbocycles. The molecule has 2 rings (SSSR count). The summed E-state index contributed by atoms with van der Waals surface area (Å²) in [5.74, 6) is -0.239. The van der Waals surface area contributed by atoms with Gasteiger partial charge in [0.05, 0.1) is 0 Å². The predicted molar refractivity (Wildman–Crippen MR) is 58.9 cm³/mol. The van der Waals surface area contributed by atoms with Crippen molar-refractivity contribution in [2.24, 2.45) is 5.92 Å². The number of rotatable bonds is 4. The standard InChI is InChI=1S/C11H14FNO2S/c1-13(8-9-6-7-9)16(14,15)11-5-3-2-4-10(11)12/h2-5,9H,6-8H2,1H3. The van der Waals surface area contributed by atoms with E-state index in [9.17, 15) is 12.8 Å². The molecule has 5 heteroatoms. The fraction of sp³-hybridized carbons (Fsp3) is 0.455. The van der Waals surface area contributed by atoms with Gasteiger partial charge in [0.1, 0.15) is 10.7 Å². The summed E-state index contributed by atoms with van der Waals surface area (Å²) in [7, 11) is -2.17. The van der Waals surface area contributed by atoms with Gasteiger partial charge in [-0.25, -0.2) is 17.1 Å². The molecule has 0 amide bonds. The molecular formula is C11H14FNO2S. The molecule has 3 nitrogen and oxygen atoms in total. The molecule has 1 saturated carbocycles. The highest BCUT2D eigenvalue weighted by Crippen LogP contribution is 2.31. The van der Waals surface area contributed by atoms with E-state index < -0.39 is 15.8 Å². The van der Waals surface area contributed by atoms with Gasteiger partial charge in [-0.15, -0.1) is 0 Å². The molecule has 0 N–H and O–H groups in total. The number of hydrogen-bond acceptors (Lipinski definition) is 2. The summed E-state index contributed by atoms with van der Waals surface area (Å²) in [5.41, 5.74) is 0. The minimum absolute atomic E-state index is 0.238. The Balaban J connectivity index is 2.27. The van der Waals surface area contributed by atoms with Gasteiger partial charge in [0.15, 0.2) is 0 Å². The maximum Gasteiger partial charge on any atom is 0.245 e. The molecule has 0 radical (unpaired) electrons. The van der Waals surface area contributed by atoms with E-state index in [2.05, 4.69) is 0 Å². The van der Waals surface area contributed by atoms with E-state index in [-0.39, 0.29) is 4.90 Å². The Hall–Kier alpha value is -0.940. The van der Waals surface area contributed by atoms with E-state index in [0.717, 1.165) is 18.9 Å². The van der Waals surface area contributed by atoms with Crippen molar-refractivity contribution in [3.63, 3.8) is 0 Å². The topological polar surface area (TPSA) is 37.4 Å². The average Bonchev–Trinajstić information content (AvgIpc) is 3.02. The van der Waals surface area contributed by atoms with Gasteiger partial charge in [-0.05, 0) is 30.9 Å². The third-order valence-electron chi connectivity index (χ3n) is 2.74. The first kappa shape index (κ1) is 11.5. The molecule has 1 aliphatic rings. The molecule has 0 bridgehead atoms. The molecular weight excluding hydrogens is 229 g/mol. The molecule has 0 aromatic heterocycles. The highest BCUT2D eigenvalue weighted by atomic mass is 32.2. The van der Waals surface area contributed by atoms with Crippen molar-refractivity contribution in [3.8, 4) is 0 Å². The van der Waals surface area contributed by atoms with Crippen LogP contribution in [0.1, 0.15) is 12.8 Å². The zero-order chi connectivity index (χ0) is 11.8. The molecule has 1 aliphatic carbocycles. The van der Waals surface area contributed by atoms with Gasteiger partial charge < -0.3 is 0 Å². The largest absolute Gasteiger partial charge is 0.245 e. The van der Waals surface area contributed by atoms with Crippen molar-refractivity contribution in [1.29, 1.82) is 0 Å². The average molecular weight is 243 g/mol. The number of benzene rings is 1. The summed E-state index contributed by atoms with van der Waals surface area (Å²) in [6.45, 7) is 0.483. The zero-order valence-electron chi connectivity index (χ0n) is 9.06. The number of halogens is 1. The van der Waals surface area contributed by atoms with E-state index in [1.165, 1.54) is 29.6 Å². The lowest BCUT2D eigenvalue weighted by Crippen LogP contribution is -2.29. The molecule has 1 aromatic rings. The molecule has 1 fully saturated rings. The number of sulfonamides is 1. The second-order valence-electron chi connectivity index (χ2n) is 4.16. The molecule has 0 atom stereocenters. The smallest absolute Gasteiger partial charge is 0.207 e. The van der Waals surface area contributed by atoms with Crippen LogP contribution in [0, 0.1) is 11.7 Å². The summed E-state index contributed by atoms with van der Waals surface area (Å²) >= 11 is 0. The maximum absolute atomic E-state index is 13.4. The third kappa shape index (κ3) is 2.25. The summed E-state index contributed by atoms with van der Waals surface area (Å²) < 4.78 is 38.6. The van der Waals surface area contributed by atoms with E-state index in [1.54, 1.807) is 0 Å². The number of nitrogens with zero attached hydrogens (tertiary/aromatic N) is 1. The van der Waals surface area contributed by atoms with Crippen LogP contribution in [-0.4, -0.2) is 26.3 Å². The summed E-state index contributed by atoms with van der Waals surface area (Å²) in [6, 6.07) is 5.47. The second-order valence-corrected chi connectivity index (χ2v) is 6.17. The van der Waals surface area contributed by atoms with Crippen LogP contribution in [0.2, 0.25) is 0 Å². The lowest BCUT2D eigenvalue weighted by atomic mass is 10.3. The van der Waals surface area contributed by atoms with Gasteiger partial charge in [-0.2, -0.15) is 0 Å². The van der Waals surface area contributed by atoms with Gasteiger partial charge in [-0.1, -0.05) is 12.1 Å².